The Bertz CT molecular complexity index is 1070. The Kier molecular flexibility index (Phi) is 6.53. The Hall–Kier alpha value is -3.89. The largest absolute Gasteiger partial charge is 0.482 e. The number of hydrogen-bond acceptors (Lipinski definition) is 6. The molecule has 3 aromatic rings. The topological polar surface area (TPSA) is 95.3 Å². The van der Waals surface area contributed by atoms with Gasteiger partial charge in [-0.05, 0) is 42.8 Å². The number of nitrogens with one attached hydrogen (secondary N) is 1. The van der Waals surface area contributed by atoms with Crippen LogP contribution in [0.3, 0.4) is 0 Å². The zero-order valence-electron chi connectivity index (χ0n) is 16.2. The first-order valence-corrected chi connectivity index (χ1v) is 8.93. The van der Waals surface area contributed by atoms with Crippen LogP contribution in [0.15, 0.2) is 55.1 Å². The molecule has 0 fully saturated rings. The molecule has 2 aromatic carbocycles. The van der Waals surface area contributed by atoms with Crippen molar-refractivity contribution < 1.29 is 32.2 Å². The minimum Gasteiger partial charge on any atom is -0.482 e. The summed E-state index contributed by atoms with van der Waals surface area (Å²) in [6.07, 6.45) is -2.15. The van der Waals surface area contributed by atoms with Gasteiger partial charge in [0.05, 0.1) is 16.9 Å². The minimum absolute atomic E-state index is 0.160. The fourth-order valence-corrected chi connectivity index (χ4v) is 2.57. The van der Waals surface area contributed by atoms with Crippen molar-refractivity contribution >= 4 is 17.6 Å². The van der Waals surface area contributed by atoms with Crippen LogP contribution in [0.4, 0.5) is 18.9 Å². The zero-order chi connectivity index (χ0) is 22.4. The molecule has 0 spiro atoms. The van der Waals surface area contributed by atoms with Crippen molar-refractivity contribution in [3.63, 3.8) is 0 Å². The molecule has 8 nitrogen and oxygen atoms in total. The maximum absolute atomic E-state index is 13.1. The Morgan fingerprint density at radius 1 is 1.13 bits per heavy atom. The number of halogens is 3. The number of ether oxygens (including phenoxy) is 2. The molecule has 0 saturated heterocycles. The lowest BCUT2D eigenvalue weighted by atomic mass is 10.1. The monoisotopic (exact) mass is 434 g/mol. The third-order valence-electron chi connectivity index (χ3n) is 3.97. The average Bonchev–Trinajstić information content (AvgIpc) is 3.25. The van der Waals surface area contributed by atoms with E-state index in [9.17, 15) is 22.8 Å². The third kappa shape index (κ3) is 6.04. The smallest absolute Gasteiger partial charge is 0.416 e. The molecule has 0 aliphatic rings. The lowest BCUT2D eigenvalue weighted by molar-refractivity contribution is -0.149. The number of benzene rings is 2. The number of carbonyl (C=O) groups excluding carboxylic acids is 2. The highest BCUT2D eigenvalue weighted by Gasteiger charge is 2.31. The van der Waals surface area contributed by atoms with Crippen LogP contribution < -0.4 is 10.1 Å². The Balaban J connectivity index is 1.62. The van der Waals surface area contributed by atoms with Crippen molar-refractivity contribution in [2.24, 2.45) is 0 Å². The quantitative estimate of drug-likeness (QED) is 0.574. The van der Waals surface area contributed by atoms with Crippen LogP contribution in [0, 0.1) is 6.92 Å². The summed E-state index contributed by atoms with van der Waals surface area (Å²) in [5.74, 6) is -1.18. The number of anilines is 1. The number of amides is 1. The maximum Gasteiger partial charge on any atom is 0.416 e. The van der Waals surface area contributed by atoms with Gasteiger partial charge in [0.15, 0.2) is 13.2 Å². The van der Waals surface area contributed by atoms with Gasteiger partial charge in [-0.1, -0.05) is 12.1 Å². The summed E-state index contributed by atoms with van der Waals surface area (Å²) < 4.78 is 50.4. The molecule has 1 amide bonds. The first kappa shape index (κ1) is 21.8. The number of alkyl halides is 3. The molecule has 1 aromatic heterocycles. The SMILES string of the molecule is Cc1cccc(OCC(=O)OCC(=O)Nc2cc(C(F)(F)F)ccc2-n2cncn2)c1. The zero-order valence-corrected chi connectivity index (χ0v) is 16.2. The van der Waals surface area contributed by atoms with E-state index in [1.807, 2.05) is 13.0 Å². The fourth-order valence-electron chi connectivity index (χ4n) is 2.57. The highest BCUT2D eigenvalue weighted by molar-refractivity contribution is 5.94. The Labute approximate surface area is 174 Å². The number of nitrogens with zero attached hydrogens (tertiary/aromatic N) is 3. The van der Waals surface area contributed by atoms with E-state index in [0.717, 1.165) is 23.8 Å². The van der Waals surface area contributed by atoms with Crippen molar-refractivity contribution in [1.82, 2.24) is 14.8 Å². The average molecular weight is 434 g/mol. The second-order valence-electron chi connectivity index (χ2n) is 6.38. The molecule has 162 valence electrons. The first-order valence-electron chi connectivity index (χ1n) is 8.93. The molecular formula is C20H17F3N4O4. The number of esters is 1. The molecule has 3 rings (SSSR count). The third-order valence-corrected chi connectivity index (χ3v) is 3.97. The molecule has 31 heavy (non-hydrogen) atoms. The minimum atomic E-state index is -4.61. The molecule has 11 heteroatoms. The van der Waals surface area contributed by atoms with Crippen molar-refractivity contribution in [3.8, 4) is 11.4 Å². The summed E-state index contributed by atoms with van der Waals surface area (Å²) in [7, 11) is 0. The molecule has 0 saturated carbocycles. The van der Waals surface area contributed by atoms with Crippen LogP contribution in [0.5, 0.6) is 5.75 Å². The van der Waals surface area contributed by atoms with E-state index < -0.39 is 36.8 Å². The molecule has 0 bridgehead atoms. The standard InChI is InChI=1S/C20H17F3N4O4/c1-13-3-2-4-15(7-13)30-10-19(29)31-9-18(28)26-16-8-14(20(21,22)23)5-6-17(16)27-12-24-11-25-27/h2-8,11-12H,9-10H2,1H3,(H,26,28). The number of rotatable bonds is 7. The van der Waals surface area contributed by atoms with Crippen molar-refractivity contribution in [2.75, 3.05) is 18.5 Å². The summed E-state index contributed by atoms with van der Waals surface area (Å²) in [5, 5.41) is 6.15. The van der Waals surface area contributed by atoms with E-state index in [2.05, 4.69) is 15.4 Å². The summed E-state index contributed by atoms with van der Waals surface area (Å²) in [6.45, 7) is 0.727. The van der Waals surface area contributed by atoms with Gasteiger partial charge in [0.2, 0.25) is 0 Å². The fraction of sp³-hybridized carbons (Fsp3) is 0.200. The number of hydrogen-bond donors (Lipinski definition) is 1. The molecule has 1 heterocycles. The van der Waals surface area contributed by atoms with E-state index in [0.29, 0.717) is 5.75 Å². The van der Waals surface area contributed by atoms with Crippen LogP contribution in [-0.4, -0.2) is 39.9 Å². The summed E-state index contributed by atoms with van der Waals surface area (Å²) in [5.41, 5.74) is -0.0323. The summed E-state index contributed by atoms with van der Waals surface area (Å²) >= 11 is 0. The lowest BCUT2D eigenvalue weighted by Gasteiger charge is -2.14. The van der Waals surface area contributed by atoms with Crippen LogP contribution >= 0.6 is 0 Å². The maximum atomic E-state index is 13.1. The van der Waals surface area contributed by atoms with E-state index in [-0.39, 0.29) is 11.4 Å². The highest BCUT2D eigenvalue weighted by Crippen LogP contribution is 2.33. The lowest BCUT2D eigenvalue weighted by Crippen LogP contribution is -2.24. The predicted molar refractivity (Wildman–Crippen MR) is 103 cm³/mol. The van der Waals surface area contributed by atoms with Gasteiger partial charge < -0.3 is 14.8 Å². The normalized spacial score (nSPS) is 11.1. The van der Waals surface area contributed by atoms with Crippen LogP contribution in [0.25, 0.3) is 5.69 Å². The van der Waals surface area contributed by atoms with Crippen molar-refractivity contribution in [1.29, 1.82) is 0 Å². The molecule has 0 unspecified atom stereocenters. The van der Waals surface area contributed by atoms with Crippen LogP contribution in [-0.2, 0) is 20.5 Å². The summed E-state index contributed by atoms with van der Waals surface area (Å²) in [4.78, 5) is 27.7. The molecule has 0 radical (unpaired) electrons. The van der Waals surface area contributed by atoms with E-state index in [1.165, 1.54) is 17.3 Å². The second-order valence-corrected chi connectivity index (χ2v) is 6.38. The Morgan fingerprint density at radius 3 is 2.61 bits per heavy atom. The number of aryl methyl sites for hydroxylation is 1. The molecule has 0 aliphatic heterocycles. The summed E-state index contributed by atoms with van der Waals surface area (Å²) in [6, 6.07) is 9.76. The van der Waals surface area contributed by atoms with Gasteiger partial charge in [-0.2, -0.15) is 18.3 Å². The van der Waals surface area contributed by atoms with Gasteiger partial charge in [0.25, 0.3) is 5.91 Å². The highest BCUT2D eigenvalue weighted by atomic mass is 19.4. The molecular weight excluding hydrogens is 417 g/mol. The first-order chi connectivity index (χ1) is 14.7. The van der Waals surface area contributed by atoms with E-state index in [4.69, 9.17) is 9.47 Å². The van der Waals surface area contributed by atoms with E-state index >= 15 is 0 Å². The van der Waals surface area contributed by atoms with Gasteiger partial charge in [0.1, 0.15) is 18.4 Å². The molecule has 1 N–H and O–H groups in total. The number of aromatic nitrogens is 3. The van der Waals surface area contributed by atoms with Gasteiger partial charge in [-0.3, -0.25) is 4.79 Å². The number of carbonyl (C=O) groups is 2. The van der Waals surface area contributed by atoms with Crippen molar-refractivity contribution in [3.05, 3.63) is 66.2 Å². The predicted octanol–water partition coefficient (Wildman–Crippen LogP) is 3.16. The Morgan fingerprint density at radius 2 is 1.94 bits per heavy atom. The van der Waals surface area contributed by atoms with E-state index in [1.54, 1.807) is 18.2 Å². The van der Waals surface area contributed by atoms with Gasteiger partial charge >= 0.3 is 12.1 Å². The van der Waals surface area contributed by atoms with Gasteiger partial charge in [-0.15, -0.1) is 0 Å². The molecule has 0 atom stereocenters. The van der Waals surface area contributed by atoms with Crippen LogP contribution in [0.1, 0.15) is 11.1 Å². The second kappa shape index (κ2) is 9.28. The van der Waals surface area contributed by atoms with Crippen molar-refractivity contribution in [2.45, 2.75) is 13.1 Å². The molecule has 0 aliphatic carbocycles. The van der Waals surface area contributed by atoms with Crippen LogP contribution in [0.2, 0.25) is 0 Å². The van der Waals surface area contributed by atoms with Gasteiger partial charge in [0, 0.05) is 0 Å². The van der Waals surface area contributed by atoms with Gasteiger partial charge in [-0.25, -0.2) is 14.5 Å².